The minimum Gasteiger partial charge on any atom is -0.480 e. The van der Waals surface area contributed by atoms with E-state index in [4.69, 9.17) is 17.3 Å². The number of carboxylic acids is 1. The first kappa shape index (κ1) is 12.3. The summed E-state index contributed by atoms with van der Waals surface area (Å²) in [6.07, 6.45) is 5.30. The average Bonchev–Trinajstić information content (AvgIpc) is 2.27. The van der Waals surface area contributed by atoms with Crippen LogP contribution in [0.15, 0.2) is 24.3 Å². The van der Waals surface area contributed by atoms with Gasteiger partial charge < -0.3 is 10.8 Å². The molecule has 3 N–H and O–H groups in total. The molecule has 0 aliphatic carbocycles. The van der Waals surface area contributed by atoms with Gasteiger partial charge in [-0.2, -0.15) is 0 Å². The Hall–Kier alpha value is -1.79. The highest BCUT2D eigenvalue weighted by Crippen LogP contribution is 2.26. The van der Waals surface area contributed by atoms with E-state index in [0.29, 0.717) is 0 Å². The molecule has 0 aliphatic heterocycles. The molecule has 0 aliphatic rings. The van der Waals surface area contributed by atoms with Gasteiger partial charge in [0.15, 0.2) is 0 Å². The second-order valence-electron chi connectivity index (χ2n) is 4.26. The third-order valence-electron chi connectivity index (χ3n) is 2.82. The quantitative estimate of drug-likeness (QED) is 0.751. The van der Waals surface area contributed by atoms with E-state index >= 15 is 0 Å². The fraction of sp³-hybridized carbons (Fsp3) is 0.308. The molecule has 1 unspecified atom stereocenters. The molecule has 0 bridgehead atoms. The van der Waals surface area contributed by atoms with E-state index in [1.165, 1.54) is 0 Å². The molecule has 0 saturated heterocycles. The molecule has 1 aromatic carbocycles. The first-order valence-electron chi connectivity index (χ1n) is 4.95. The maximum Gasteiger partial charge on any atom is 0.321 e. The highest BCUT2D eigenvalue weighted by Gasteiger charge is 2.33. The molecule has 0 radical (unpaired) electrons. The third kappa shape index (κ3) is 2.23. The SMILES string of the molecule is C#Cc1cccc(C(C)(C)C(N)C(=O)O)c1. The fourth-order valence-electron chi connectivity index (χ4n) is 1.50. The predicted octanol–water partition coefficient (Wildman–Crippen LogP) is 1.36. The lowest BCUT2D eigenvalue weighted by atomic mass is 9.77. The Morgan fingerprint density at radius 2 is 2.19 bits per heavy atom. The van der Waals surface area contributed by atoms with E-state index < -0.39 is 17.4 Å². The number of hydrogen-bond acceptors (Lipinski definition) is 2. The highest BCUT2D eigenvalue weighted by molar-refractivity contribution is 5.75. The Kier molecular flexibility index (Phi) is 3.36. The van der Waals surface area contributed by atoms with Gasteiger partial charge in [-0.1, -0.05) is 31.9 Å². The van der Waals surface area contributed by atoms with Crippen LogP contribution >= 0.6 is 0 Å². The van der Waals surface area contributed by atoms with E-state index in [-0.39, 0.29) is 0 Å². The zero-order valence-corrected chi connectivity index (χ0v) is 9.40. The van der Waals surface area contributed by atoms with Gasteiger partial charge in [-0.05, 0) is 17.7 Å². The van der Waals surface area contributed by atoms with Gasteiger partial charge in [0.05, 0.1) is 0 Å². The van der Waals surface area contributed by atoms with Gasteiger partial charge in [0.1, 0.15) is 6.04 Å². The van der Waals surface area contributed by atoms with Crippen LogP contribution in [0.5, 0.6) is 0 Å². The van der Waals surface area contributed by atoms with E-state index in [9.17, 15) is 4.79 Å². The Labute approximate surface area is 95.3 Å². The monoisotopic (exact) mass is 217 g/mol. The maximum atomic E-state index is 10.9. The Morgan fingerprint density at radius 1 is 1.56 bits per heavy atom. The number of carboxylic acid groups (broad SMARTS) is 1. The summed E-state index contributed by atoms with van der Waals surface area (Å²) in [6.45, 7) is 3.59. The normalized spacial score (nSPS) is 12.9. The molecule has 0 spiro atoms. The van der Waals surface area contributed by atoms with Gasteiger partial charge in [0.2, 0.25) is 0 Å². The summed E-state index contributed by atoms with van der Waals surface area (Å²) < 4.78 is 0. The predicted molar refractivity (Wildman–Crippen MR) is 63.0 cm³/mol. The molecule has 0 aromatic heterocycles. The van der Waals surface area contributed by atoms with Gasteiger partial charge in [-0.15, -0.1) is 6.42 Å². The zero-order valence-electron chi connectivity index (χ0n) is 9.40. The van der Waals surface area contributed by atoms with Crippen molar-refractivity contribution in [2.24, 2.45) is 5.73 Å². The van der Waals surface area contributed by atoms with Crippen LogP contribution in [0.1, 0.15) is 25.0 Å². The Morgan fingerprint density at radius 3 is 2.69 bits per heavy atom. The number of terminal acetylenes is 1. The lowest BCUT2D eigenvalue weighted by Gasteiger charge is -2.29. The molecule has 1 atom stereocenters. The van der Waals surface area contributed by atoms with Crippen LogP contribution in [0.25, 0.3) is 0 Å². The topological polar surface area (TPSA) is 63.3 Å². The van der Waals surface area contributed by atoms with Crippen LogP contribution in [-0.2, 0) is 10.2 Å². The molecule has 0 amide bonds. The van der Waals surface area contributed by atoms with Gasteiger partial charge >= 0.3 is 5.97 Å². The molecule has 1 aromatic rings. The Balaban J connectivity index is 3.16. The molecule has 84 valence electrons. The molecule has 0 saturated carbocycles. The summed E-state index contributed by atoms with van der Waals surface area (Å²) in [5.41, 5.74) is 6.57. The number of benzene rings is 1. The first-order chi connectivity index (χ1) is 7.39. The molecule has 0 heterocycles. The van der Waals surface area contributed by atoms with E-state index in [2.05, 4.69) is 5.92 Å². The minimum atomic E-state index is -1.02. The van der Waals surface area contributed by atoms with Gasteiger partial charge in [0, 0.05) is 11.0 Å². The van der Waals surface area contributed by atoms with Crippen LogP contribution in [0.3, 0.4) is 0 Å². The van der Waals surface area contributed by atoms with Crippen molar-refractivity contribution < 1.29 is 9.90 Å². The molecular weight excluding hydrogens is 202 g/mol. The number of hydrogen-bond donors (Lipinski definition) is 2. The highest BCUT2D eigenvalue weighted by atomic mass is 16.4. The maximum absolute atomic E-state index is 10.9. The zero-order chi connectivity index (χ0) is 12.3. The van der Waals surface area contributed by atoms with Crippen LogP contribution in [0.2, 0.25) is 0 Å². The number of nitrogens with two attached hydrogens (primary N) is 1. The molecule has 3 nitrogen and oxygen atoms in total. The first-order valence-corrected chi connectivity index (χ1v) is 4.95. The van der Waals surface area contributed by atoms with Crippen molar-refractivity contribution in [2.75, 3.05) is 0 Å². The lowest BCUT2D eigenvalue weighted by Crippen LogP contribution is -2.46. The summed E-state index contributed by atoms with van der Waals surface area (Å²) in [7, 11) is 0. The fourth-order valence-corrected chi connectivity index (χ4v) is 1.50. The summed E-state index contributed by atoms with van der Waals surface area (Å²) >= 11 is 0. The minimum absolute atomic E-state index is 0.654. The van der Waals surface area contributed by atoms with Crippen molar-refractivity contribution in [3.8, 4) is 12.3 Å². The molecule has 0 fully saturated rings. The largest absolute Gasteiger partial charge is 0.480 e. The molecule has 3 heteroatoms. The van der Waals surface area contributed by atoms with Crippen molar-refractivity contribution in [2.45, 2.75) is 25.3 Å². The van der Waals surface area contributed by atoms with Gasteiger partial charge in [0.25, 0.3) is 0 Å². The van der Waals surface area contributed by atoms with E-state index in [1.54, 1.807) is 32.0 Å². The van der Waals surface area contributed by atoms with Gasteiger partial charge in [-0.25, -0.2) is 0 Å². The second-order valence-corrected chi connectivity index (χ2v) is 4.26. The van der Waals surface area contributed by atoms with E-state index in [0.717, 1.165) is 11.1 Å². The van der Waals surface area contributed by atoms with Crippen molar-refractivity contribution in [1.29, 1.82) is 0 Å². The Bertz CT molecular complexity index is 443. The summed E-state index contributed by atoms with van der Waals surface area (Å²) in [4.78, 5) is 10.9. The van der Waals surface area contributed by atoms with Crippen LogP contribution < -0.4 is 5.73 Å². The average molecular weight is 217 g/mol. The molecular formula is C13H15NO2. The smallest absolute Gasteiger partial charge is 0.321 e. The second kappa shape index (κ2) is 4.38. The van der Waals surface area contributed by atoms with Crippen molar-refractivity contribution >= 4 is 5.97 Å². The number of aliphatic carboxylic acids is 1. The summed E-state index contributed by atoms with van der Waals surface area (Å²) in [5.74, 6) is 1.50. The number of carbonyl (C=O) groups is 1. The number of rotatable bonds is 3. The van der Waals surface area contributed by atoms with Crippen molar-refractivity contribution in [3.63, 3.8) is 0 Å². The molecule has 1 rings (SSSR count). The van der Waals surface area contributed by atoms with E-state index in [1.807, 2.05) is 6.07 Å². The lowest BCUT2D eigenvalue weighted by molar-refractivity contribution is -0.140. The third-order valence-corrected chi connectivity index (χ3v) is 2.82. The molecule has 16 heavy (non-hydrogen) atoms. The summed E-state index contributed by atoms with van der Waals surface area (Å²) in [6, 6.07) is 6.28. The van der Waals surface area contributed by atoms with Crippen LogP contribution in [0, 0.1) is 12.3 Å². The van der Waals surface area contributed by atoms with Crippen molar-refractivity contribution in [3.05, 3.63) is 35.4 Å². The standard InChI is InChI=1S/C13H15NO2/c1-4-9-6-5-7-10(8-9)13(2,3)11(14)12(15)16/h1,5-8,11H,14H2,2-3H3,(H,15,16). The van der Waals surface area contributed by atoms with Crippen LogP contribution in [-0.4, -0.2) is 17.1 Å². The van der Waals surface area contributed by atoms with Crippen molar-refractivity contribution in [1.82, 2.24) is 0 Å². The summed E-state index contributed by atoms with van der Waals surface area (Å²) in [5, 5.41) is 8.94. The van der Waals surface area contributed by atoms with Gasteiger partial charge in [-0.3, -0.25) is 4.79 Å². The van der Waals surface area contributed by atoms with Crippen LogP contribution in [0.4, 0.5) is 0 Å².